The summed E-state index contributed by atoms with van der Waals surface area (Å²) in [5, 5.41) is 2.21. The highest BCUT2D eigenvalue weighted by atomic mass is 19.1. The average molecular weight is 276 g/mol. The summed E-state index contributed by atoms with van der Waals surface area (Å²) < 4.78 is 26.8. The topological polar surface area (TPSA) is 55.1 Å². The molecule has 0 aliphatic heterocycles. The van der Waals surface area contributed by atoms with Crippen LogP contribution in [0.4, 0.5) is 14.5 Å². The minimum atomic E-state index is -0.813. The largest absolute Gasteiger partial charge is 0.324 e. The number of hydrogen-bond donors (Lipinski definition) is 2. The predicted molar refractivity (Wildman–Crippen MR) is 73.0 cm³/mol. The van der Waals surface area contributed by atoms with Crippen LogP contribution in [0.2, 0.25) is 0 Å². The van der Waals surface area contributed by atoms with Gasteiger partial charge in [-0.3, -0.25) is 4.79 Å². The van der Waals surface area contributed by atoms with Gasteiger partial charge in [0.1, 0.15) is 17.3 Å². The van der Waals surface area contributed by atoms with Gasteiger partial charge in [0.2, 0.25) is 5.91 Å². The highest BCUT2D eigenvalue weighted by Gasteiger charge is 2.15. The number of benzene rings is 2. The molecule has 0 spiro atoms. The molecule has 0 bridgehead atoms. The fraction of sp³-hybridized carbons (Fsp3) is 0.133. The molecule has 20 heavy (non-hydrogen) atoms. The second kappa shape index (κ2) is 6.25. The van der Waals surface area contributed by atoms with Crippen molar-refractivity contribution >= 4 is 11.6 Å². The van der Waals surface area contributed by atoms with Gasteiger partial charge in [0.15, 0.2) is 0 Å². The van der Waals surface area contributed by atoms with Crippen molar-refractivity contribution in [2.75, 3.05) is 5.32 Å². The van der Waals surface area contributed by atoms with Crippen molar-refractivity contribution in [3.8, 4) is 0 Å². The Bertz CT molecular complexity index is 582. The van der Waals surface area contributed by atoms with E-state index in [0.717, 1.165) is 17.7 Å². The van der Waals surface area contributed by atoms with Crippen LogP contribution in [0, 0.1) is 11.6 Å². The molecule has 2 aromatic carbocycles. The molecule has 0 radical (unpaired) electrons. The summed E-state index contributed by atoms with van der Waals surface area (Å²) in [6, 6.07) is 11.9. The Kier molecular flexibility index (Phi) is 4.42. The number of para-hydroxylation sites is 1. The van der Waals surface area contributed by atoms with Crippen molar-refractivity contribution in [1.29, 1.82) is 0 Å². The van der Waals surface area contributed by atoms with Gasteiger partial charge in [-0.05, 0) is 17.7 Å². The lowest BCUT2D eigenvalue weighted by molar-refractivity contribution is -0.116. The van der Waals surface area contributed by atoms with Crippen molar-refractivity contribution in [2.24, 2.45) is 5.73 Å². The van der Waals surface area contributed by atoms with E-state index >= 15 is 0 Å². The first-order valence-electron chi connectivity index (χ1n) is 6.12. The second-order valence-electron chi connectivity index (χ2n) is 4.37. The molecule has 1 amide bonds. The van der Waals surface area contributed by atoms with Gasteiger partial charge in [-0.15, -0.1) is 0 Å². The maximum absolute atomic E-state index is 13.4. The molecule has 0 fully saturated rings. The van der Waals surface area contributed by atoms with Crippen LogP contribution in [0.25, 0.3) is 0 Å². The molecule has 3 nitrogen and oxygen atoms in total. The van der Waals surface area contributed by atoms with E-state index in [1.807, 2.05) is 18.2 Å². The standard InChI is InChI=1S/C15H14F2N2O/c16-11-7-4-8-12(17)15(11)19-14(20)9-13(18)10-5-2-1-3-6-10/h1-8,13H,9,18H2,(H,19,20). The second-order valence-corrected chi connectivity index (χ2v) is 4.37. The van der Waals surface area contributed by atoms with Gasteiger partial charge in [-0.25, -0.2) is 8.78 Å². The molecule has 3 N–H and O–H groups in total. The Hall–Kier alpha value is -2.27. The zero-order valence-electron chi connectivity index (χ0n) is 10.6. The Balaban J connectivity index is 2.03. The molecule has 5 heteroatoms. The summed E-state index contributed by atoms with van der Waals surface area (Å²) >= 11 is 0. The van der Waals surface area contributed by atoms with Crippen molar-refractivity contribution in [3.63, 3.8) is 0 Å². The number of anilines is 1. The summed E-state index contributed by atoms with van der Waals surface area (Å²) in [6.45, 7) is 0. The van der Waals surface area contributed by atoms with Gasteiger partial charge in [0.05, 0.1) is 0 Å². The molecule has 1 atom stereocenters. The van der Waals surface area contributed by atoms with Crippen LogP contribution in [-0.2, 0) is 4.79 Å². The molecule has 1 unspecified atom stereocenters. The first kappa shape index (κ1) is 14.1. The minimum Gasteiger partial charge on any atom is -0.324 e. The van der Waals surface area contributed by atoms with Crippen LogP contribution in [0.15, 0.2) is 48.5 Å². The normalized spacial score (nSPS) is 11.9. The summed E-state index contributed by atoms with van der Waals surface area (Å²) in [7, 11) is 0. The first-order chi connectivity index (χ1) is 9.58. The van der Waals surface area contributed by atoms with Crippen LogP contribution in [0.5, 0.6) is 0 Å². The highest BCUT2D eigenvalue weighted by molar-refractivity contribution is 5.91. The van der Waals surface area contributed by atoms with Crippen molar-refractivity contribution < 1.29 is 13.6 Å². The zero-order valence-corrected chi connectivity index (χ0v) is 10.6. The Morgan fingerprint density at radius 2 is 1.65 bits per heavy atom. The third kappa shape index (κ3) is 3.39. The molecular formula is C15H14F2N2O. The van der Waals surface area contributed by atoms with E-state index in [-0.39, 0.29) is 6.42 Å². The molecule has 0 aromatic heterocycles. The van der Waals surface area contributed by atoms with Crippen LogP contribution in [-0.4, -0.2) is 5.91 Å². The average Bonchev–Trinajstić information content (AvgIpc) is 2.44. The van der Waals surface area contributed by atoms with Gasteiger partial charge < -0.3 is 11.1 Å². The van der Waals surface area contributed by atoms with Crippen molar-refractivity contribution in [1.82, 2.24) is 0 Å². The minimum absolute atomic E-state index is 0.0578. The quantitative estimate of drug-likeness (QED) is 0.902. The molecule has 0 aliphatic carbocycles. The van der Waals surface area contributed by atoms with E-state index in [0.29, 0.717) is 0 Å². The summed E-state index contributed by atoms with van der Waals surface area (Å²) in [6.07, 6.45) is -0.0578. The number of hydrogen-bond acceptors (Lipinski definition) is 2. The summed E-state index contributed by atoms with van der Waals surface area (Å²) in [4.78, 5) is 11.8. The molecule has 0 saturated heterocycles. The Morgan fingerprint density at radius 1 is 1.05 bits per heavy atom. The predicted octanol–water partition coefficient (Wildman–Crippen LogP) is 2.99. The van der Waals surface area contributed by atoms with Gasteiger partial charge >= 0.3 is 0 Å². The van der Waals surface area contributed by atoms with Gasteiger partial charge in [-0.2, -0.15) is 0 Å². The lowest BCUT2D eigenvalue weighted by Gasteiger charge is -2.12. The number of carbonyl (C=O) groups excluding carboxylic acids is 1. The van der Waals surface area contributed by atoms with Crippen molar-refractivity contribution in [2.45, 2.75) is 12.5 Å². The van der Waals surface area contributed by atoms with E-state index < -0.39 is 29.3 Å². The smallest absolute Gasteiger partial charge is 0.226 e. The molecule has 0 heterocycles. The number of carbonyl (C=O) groups is 1. The van der Waals surface area contributed by atoms with E-state index in [1.165, 1.54) is 6.07 Å². The number of rotatable bonds is 4. The maximum atomic E-state index is 13.4. The molecule has 104 valence electrons. The summed E-state index contributed by atoms with van der Waals surface area (Å²) in [5.74, 6) is -2.16. The summed E-state index contributed by atoms with van der Waals surface area (Å²) in [5.41, 5.74) is 6.22. The third-order valence-corrected chi connectivity index (χ3v) is 2.86. The van der Waals surface area contributed by atoms with Crippen LogP contribution < -0.4 is 11.1 Å². The molecular weight excluding hydrogens is 262 g/mol. The maximum Gasteiger partial charge on any atom is 0.226 e. The molecule has 2 aromatic rings. The Morgan fingerprint density at radius 3 is 2.25 bits per heavy atom. The monoisotopic (exact) mass is 276 g/mol. The fourth-order valence-electron chi connectivity index (χ4n) is 1.83. The van der Waals surface area contributed by atoms with Crippen molar-refractivity contribution in [3.05, 3.63) is 65.7 Å². The Labute approximate surface area is 115 Å². The van der Waals surface area contributed by atoms with Gasteiger partial charge in [-0.1, -0.05) is 36.4 Å². The van der Waals surface area contributed by atoms with E-state index in [2.05, 4.69) is 5.32 Å². The molecule has 0 aliphatic rings. The van der Waals surface area contributed by atoms with Crippen LogP contribution in [0.1, 0.15) is 18.0 Å². The third-order valence-electron chi connectivity index (χ3n) is 2.86. The van der Waals surface area contributed by atoms with Gasteiger partial charge in [0, 0.05) is 12.5 Å². The highest BCUT2D eigenvalue weighted by Crippen LogP contribution is 2.20. The van der Waals surface area contributed by atoms with Gasteiger partial charge in [0.25, 0.3) is 0 Å². The number of halogens is 2. The van der Waals surface area contributed by atoms with E-state index in [1.54, 1.807) is 12.1 Å². The zero-order chi connectivity index (χ0) is 14.5. The molecule has 0 saturated carbocycles. The first-order valence-corrected chi connectivity index (χ1v) is 6.12. The fourth-order valence-corrected chi connectivity index (χ4v) is 1.83. The molecule has 2 rings (SSSR count). The SMILES string of the molecule is NC(CC(=O)Nc1c(F)cccc1F)c1ccccc1. The lowest BCUT2D eigenvalue weighted by atomic mass is 10.0. The number of nitrogens with one attached hydrogen (secondary N) is 1. The number of nitrogens with two attached hydrogens (primary N) is 1. The van der Waals surface area contributed by atoms with E-state index in [4.69, 9.17) is 5.73 Å². The number of amides is 1. The van der Waals surface area contributed by atoms with E-state index in [9.17, 15) is 13.6 Å². The van der Waals surface area contributed by atoms with Crippen LogP contribution >= 0.6 is 0 Å². The lowest BCUT2D eigenvalue weighted by Crippen LogP contribution is -2.21. The van der Waals surface area contributed by atoms with Crippen LogP contribution in [0.3, 0.4) is 0 Å².